The van der Waals surface area contributed by atoms with E-state index in [-0.39, 0.29) is 0 Å². The Morgan fingerprint density at radius 2 is 1.19 bits per heavy atom. The smallest absolute Gasteiger partial charge is 0.222 e. The monoisotopic (exact) mass is 542 g/mol. The van der Waals surface area contributed by atoms with Gasteiger partial charge < -0.3 is 9.13 Å². The lowest BCUT2D eigenvalue weighted by molar-refractivity contribution is -0.659. The van der Waals surface area contributed by atoms with E-state index in [0.717, 1.165) is 0 Å². The molecule has 8 rings (SSSR count). The van der Waals surface area contributed by atoms with Crippen LogP contribution in [0, 0.1) is 20.8 Å². The van der Waals surface area contributed by atoms with Gasteiger partial charge in [0.25, 0.3) is 0 Å². The molecule has 3 nitrogen and oxygen atoms in total. The molecule has 0 radical (unpaired) electrons. The molecule has 42 heavy (non-hydrogen) atoms. The molecule has 0 aliphatic heterocycles. The van der Waals surface area contributed by atoms with Gasteiger partial charge in [-0.2, -0.15) is 0 Å². The van der Waals surface area contributed by atoms with Crippen LogP contribution in [-0.2, 0) is 7.05 Å². The number of hydrogen-bond acceptors (Lipinski definition) is 0. The highest BCUT2D eigenvalue weighted by Gasteiger charge is 2.27. The Labute approximate surface area is 245 Å². The highest BCUT2D eigenvalue weighted by atomic mass is 15.0. The molecule has 0 aliphatic carbocycles. The van der Waals surface area contributed by atoms with Crippen LogP contribution < -0.4 is 4.57 Å². The number of nitrogens with zero attached hydrogens (tertiary/aromatic N) is 3. The summed E-state index contributed by atoms with van der Waals surface area (Å²) in [5.41, 5.74) is 13.7. The molecule has 0 amide bonds. The predicted molar refractivity (Wildman–Crippen MR) is 176 cm³/mol. The standard InChI is InChI=1S/C39H32N3/c1-25-23-26(2)27(3)32(24-25)38-37-31-19-20-34-36(30-17-11-12-18-33(30)41(34)28-13-7-5-8-14-28)39(31)42(29-15-9-6-10-16-29)35(37)21-22-40(38)4/h5-24H,1-4H3/q+1. The van der Waals surface area contributed by atoms with Crippen molar-refractivity contribution >= 4 is 43.6 Å². The molecule has 202 valence electrons. The summed E-state index contributed by atoms with van der Waals surface area (Å²) in [6, 6.07) is 42.0. The third-order valence-corrected chi connectivity index (χ3v) is 8.94. The second-order valence-corrected chi connectivity index (χ2v) is 11.5. The summed E-state index contributed by atoms with van der Waals surface area (Å²) in [7, 11) is 2.18. The van der Waals surface area contributed by atoms with Crippen molar-refractivity contribution in [3.63, 3.8) is 0 Å². The number of aromatic nitrogens is 3. The van der Waals surface area contributed by atoms with Crippen molar-refractivity contribution in [2.75, 3.05) is 0 Å². The van der Waals surface area contributed by atoms with Crippen molar-refractivity contribution in [1.29, 1.82) is 0 Å². The summed E-state index contributed by atoms with van der Waals surface area (Å²) in [5, 5.41) is 5.08. The maximum Gasteiger partial charge on any atom is 0.222 e. The number of rotatable bonds is 3. The number of aryl methyl sites for hydroxylation is 3. The summed E-state index contributed by atoms with van der Waals surface area (Å²) in [5.74, 6) is 0. The summed E-state index contributed by atoms with van der Waals surface area (Å²) in [4.78, 5) is 0. The van der Waals surface area contributed by atoms with Gasteiger partial charge in [-0.3, -0.25) is 0 Å². The van der Waals surface area contributed by atoms with Gasteiger partial charge in [0, 0.05) is 33.6 Å². The minimum absolute atomic E-state index is 1.17. The number of pyridine rings is 1. The van der Waals surface area contributed by atoms with Crippen molar-refractivity contribution in [3.8, 4) is 22.6 Å². The highest BCUT2D eigenvalue weighted by molar-refractivity contribution is 6.27. The normalized spacial score (nSPS) is 11.8. The Morgan fingerprint density at radius 3 is 1.93 bits per heavy atom. The molecule has 3 aromatic heterocycles. The van der Waals surface area contributed by atoms with E-state index in [1.807, 2.05) is 0 Å². The fraction of sp³-hybridized carbons (Fsp3) is 0.103. The number of para-hydroxylation sites is 3. The minimum Gasteiger partial charge on any atom is -0.309 e. The molecule has 3 heterocycles. The second kappa shape index (κ2) is 9.19. The van der Waals surface area contributed by atoms with E-state index in [4.69, 9.17) is 0 Å². The molecule has 0 spiro atoms. The topological polar surface area (TPSA) is 13.7 Å². The van der Waals surface area contributed by atoms with Gasteiger partial charge >= 0.3 is 0 Å². The van der Waals surface area contributed by atoms with Crippen molar-refractivity contribution in [2.24, 2.45) is 7.05 Å². The quantitative estimate of drug-likeness (QED) is 0.198. The summed E-state index contributed by atoms with van der Waals surface area (Å²) >= 11 is 0. The fourth-order valence-electron chi connectivity index (χ4n) is 7.00. The molecule has 3 heteroatoms. The van der Waals surface area contributed by atoms with E-state index >= 15 is 0 Å². The van der Waals surface area contributed by atoms with Gasteiger partial charge in [0.15, 0.2) is 6.20 Å². The SMILES string of the molecule is Cc1cc(C)c(C)c(-c2c3c4ccc5c(c6ccccc6n5-c5ccccc5)c4n(-c4ccccc4)c3cc[n+]2C)c1. The summed E-state index contributed by atoms with van der Waals surface area (Å²) in [6.07, 6.45) is 2.22. The molecule has 0 saturated heterocycles. The van der Waals surface area contributed by atoms with Gasteiger partial charge in [-0.1, -0.05) is 66.2 Å². The van der Waals surface area contributed by atoms with E-state index in [2.05, 4.69) is 163 Å². The summed E-state index contributed by atoms with van der Waals surface area (Å²) in [6.45, 7) is 6.68. The zero-order chi connectivity index (χ0) is 28.5. The largest absolute Gasteiger partial charge is 0.309 e. The first-order chi connectivity index (χ1) is 20.5. The van der Waals surface area contributed by atoms with Crippen LogP contribution in [0.2, 0.25) is 0 Å². The predicted octanol–water partition coefficient (Wildman–Crippen LogP) is 9.30. The molecule has 0 atom stereocenters. The van der Waals surface area contributed by atoms with Gasteiger partial charge in [0.05, 0.1) is 33.0 Å². The van der Waals surface area contributed by atoms with Crippen LogP contribution >= 0.6 is 0 Å². The lowest BCUT2D eigenvalue weighted by Crippen LogP contribution is -2.30. The van der Waals surface area contributed by atoms with E-state index in [1.165, 1.54) is 82.9 Å². The first-order valence-electron chi connectivity index (χ1n) is 14.6. The second-order valence-electron chi connectivity index (χ2n) is 11.5. The molecular weight excluding hydrogens is 510 g/mol. The van der Waals surface area contributed by atoms with Crippen molar-refractivity contribution in [2.45, 2.75) is 20.8 Å². The minimum atomic E-state index is 1.17. The number of hydrogen-bond donors (Lipinski definition) is 0. The zero-order valence-electron chi connectivity index (χ0n) is 24.4. The Bertz CT molecular complexity index is 2320. The molecule has 0 unspecified atom stereocenters. The Morgan fingerprint density at radius 1 is 0.548 bits per heavy atom. The third-order valence-electron chi connectivity index (χ3n) is 8.94. The van der Waals surface area contributed by atoms with Crippen LogP contribution in [0.3, 0.4) is 0 Å². The lowest BCUT2D eigenvalue weighted by atomic mass is 9.95. The van der Waals surface area contributed by atoms with Crippen LogP contribution in [0.1, 0.15) is 16.7 Å². The number of fused-ring (bicyclic) bond motifs is 7. The van der Waals surface area contributed by atoms with Gasteiger partial charge in [-0.25, -0.2) is 4.57 Å². The Kier molecular flexibility index (Phi) is 5.39. The van der Waals surface area contributed by atoms with Gasteiger partial charge in [-0.15, -0.1) is 0 Å². The van der Waals surface area contributed by atoms with Crippen LogP contribution in [0.15, 0.2) is 121 Å². The van der Waals surface area contributed by atoms with Gasteiger partial charge in [-0.05, 0) is 80.4 Å². The van der Waals surface area contributed by atoms with E-state index in [9.17, 15) is 0 Å². The average Bonchev–Trinajstić information content (AvgIpc) is 3.53. The molecule has 5 aromatic carbocycles. The highest BCUT2D eigenvalue weighted by Crippen LogP contribution is 2.44. The van der Waals surface area contributed by atoms with E-state index < -0.39 is 0 Å². The first kappa shape index (κ1) is 24.6. The van der Waals surface area contributed by atoms with Crippen LogP contribution in [0.4, 0.5) is 0 Å². The molecule has 0 N–H and O–H groups in total. The number of benzene rings is 5. The van der Waals surface area contributed by atoms with Crippen molar-refractivity contribution in [3.05, 3.63) is 138 Å². The maximum atomic E-state index is 2.48. The fourth-order valence-corrected chi connectivity index (χ4v) is 7.00. The van der Waals surface area contributed by atoms with Crippen molar-refractivity contribution in [1.82, 2.24) is 9.13 Å². The van der Waals surface area contributed by atoms with E-state index in [0.29, 0.717) is 0 Å². The van der Waals surface area contributed by atoms with E-state index in [1.54, 1.807) is 0 Å². The molecule has 0 fully saturated rings. The van der Waals surface area contributed by atoms with Crippen molar-refractivity contribution < 1.29 is 4.57 Å². The molecular formula is C39H32N3+. The van der Waals surface area contributed by atoms with Gasteiger partial charge in [0.1, 0.15) is 7.05 Å². The molecule has 0 saturated carbocycles. The van der Waals surface area contributed by atoms with Crippen LogP contribution in [0.5, 0.6) is 0 Å². The average molecular weight is 543 g/mol. The molecule has 0 aliphatic rings. The third kappa shape index (κ3) is 3.43. The Hall–Kier alpha value is -5.15. The molecule has 0 bridgehead atoms. The summed E-state index contributed by atoms with van der Waals surface area (Å²) < 4.78 is 7.19. The van der Waals surface area contributed by atoms with Gasteiger partial charge in [0.2, 0.25) is 5.69 Å². The van der Waals surface area contributed by atoms with Crippen LogP contribution in [-0.4, -0.2) is 9.13 Å². The molecule has 8 aromatic rings. The zero-order valence-corrected chi connectivity index (χ0v) is 24.4. The maximum absolute atomic E-state index is 2.48. The first-order valence-corrected chi connectivity index (χ1v) is 14.6. The van der Waals surface area contributed by atoms with Crippen LogP contribution in [0.25, 0.3) is 66.2 Å². The lowest BCUT2D eigenvalue weighted by Gasteiger charge is -2.11. The Balaban J connectivity index is 1.64.